The highest BCUT2D eigenvalue weighted by Gasteiger charge is 2.45. The summed E-state index contributed by atoms with van der Waals surface area (Å²) in [4.78, 5) is 51.2. The fourth-order valence-electron chi connectivity index (χ4n) is 5.05. The third-order valence-electron chi connectivity index (χ3n) is 7.23. The fourth-order valence-corrected chi connectivity index (χ4v) is 5.05. The van der Waals surface area contributed by atoms with E-state index in [1.807, 2.05) is 26.0 Å². The van der Waals surface area contributed by atoms with E-state index in [0.29, 0.717) is 43.2 Å². The molecule has 1 aromatic heterocycles. The Morgan fingerprint density at radius 1 is 1.11 bits per heavy atom. The van der Waals surface area contributed by atoms with Gasteiger partial charge in [0.25, 0.3) is 16.8 Å². The summed E-state index contributed by atoms with van der Waals surface area (Å²) >= 11 is 0. The highest BCUT2D eigenvalue weighted by atomic mass is 16.5. The standard InChI is InChI=1S/C27H29N3O7/c1-15-9-10-19(37-15)24(27(2)13-36-14-27)29-21-20(22(31)23(21)32)28-17-7-5-6-16(12-17)25(33)30-11-4-3-8-18(30)26(34)35/h5-7,9-10,12,18,24,28-29H,3-4,8,11,13-14H2,1-2H3,(H,34,35). The van der Waals surface area contributed by atoms with E-state index >= 15 is 0 Å². The number of carboxylic acids is 1. The van der Waals surface area contributed by atoms with Gasteiger partial charge in [-0.25, -0.2) is 4.79 Å². The molecule has 3 N–H and O–H groups in total. The van der Waals surface area contributed by atoms with Gasteiger partial charge in [-0.05, 0) is 56.5 Å². The van der Waals surface area contributed by atoms with Crippen LogP contribution in [-0.2, 0) is 9.53 Å². The number of rotatable bonds is 8. The molecule has 5 rings (SSSR count). The molecule has 2 aromatic carbocycles. The quantitative estimate of drug-likeness (QED) is 0.392. The van der Waals surface area contributed by atoms with Gasteiger partial charge in [0.2, 0.25) is 0 Å². The molecule has 37 heavy (non-hydrogen) atoms. The Kier molecular flexibility index (Phi) is 6.36. The molecule has 2 fully saturated rings. The van der Waals surface area contributed by atoms with E-state index in [2.05, 4.69) is 10.6 Å². The number of aliphatic carboxylic acids is 1. The van der Waals surface area contributed by atoms with E-state index in [1.165, 1.54) is 4.90 Å². The van der Waals surface area contributed by atoms with Gasteiger partial charge >= 0.3 is 5.97 Å². The van der Waals surface area contributed by atoms with Gasteiger partial charge in [0.05, 0.1) is 19.3 Å². The lowest BCUT2D eigenvalue weighted by Gasteiger charge is -2.44. The molecule has 194 valence electrons. The number of benzene rings is 1. The third-order valence-corrected chi connectivity index (χ3v) is 7.23. The number of amides is 1. The van der Waals surface area contributed by atoms with Crippen molar-refractivity contribution in [3.8, 4) is 0 Å². The van der Waals surface area contributed by atoms with Crippen molar-refractivity contribution < 1.29 is 23.8 Å². The lowest BCUT2D eigenvalue weighted by atomic mass is 9.79. The number of hydrogen-bond acceptors (Lipinski definition) is 8. The van der Waals surface area contributed by atoms with Crippen LogP contribution < -0.4 is 21.5 Å². The fraction of sp³-hybridized carbons (Fsp3) is 0.407. The van der Waals surface area contributed by atoms with Crippen molar-refractivity contribution in [1.82, 2.24) is 4.90 Å². The highest BCUT2D eigenvalue weighted by molar-refractivity contribution is 5.97. The largest absolute Gasteiger partial charge is 0.480 e. The van der Waals surface area contributed by atoms with Crippen LogP contribution in [0, 0.1) is 12.3 Å². The van der Waals surface area contributed by atoms with E-state index < -0.39 is 28.9 Å². The summed E-state index contributed by atoms with van der Waals surface area (Å²) in [5.74, 6) is -0.0300. The molecular formula is C27H29N3O7. The van der Waals surface area contributed by atoms with Crippen molar-refractivity contribution in [2.45, 2.75) is 45.2 Å². The van der Waals surface area contributed by atoms with Crippen LogP contribution in [0.5, 0.6) is 0 Å². The predicted octanol–water partition coefficient (Wildman–Crippen LogP) is 3.20. The van der Waals surface area contributed by atoms with Crippen LogP contribution in [0.15, 0.2) is 50.4 Å². The van der Waals surface area contributed by atoms with Crippen LogP contribution in [0.1, 0.15) is 54.1 Å². The maximum atomic E-state index is 13.1. The zero-order valence-electron chi connectivity index (χ0n) is 20.7. The highest BCUT2D eigenvalue weighted by Crippen LogP contribution is 2.43. The van der Waals surface area contributed by atoms with Gasteiger partial charge in [-0.15, -0.1) is 0 Å². The van der Waals surface area contributed by atoms with E-state index in [9.17, 15) is 24.3 Å². The lowest BCUT2D eigenvalue weighted by molar-refractivity contribution is -0.143. The molecule has 3 heterocycles. The monoisotopic (exact) mass is 507 g/mol. The Bertz CT molecular complexity index is 1410. The molecule has 2 atom stereocenters. The Balaban J connectivity index is 1.39. The lowest BCUT2D eigenvalue weighted by Crippen LogP contribution is -2.49. The van der Waals surface area contributed by atoms with Crippen LogP contribution in [0.2, 0.25) is 0 Å². The SMILES string of the molecule is Cc1ccc(C(Nc2c(Nc3cccc(C(=O)N4CCCCC4C(=O)O)c3)c(=O)c2=O)C2(C)COC2)o1. The van der Waals surface area contributed by atoms with Gasteiger partial charge < -0.3 is 29.8 Å². The number of nitrogens with one attached hydrogen (secondary N) is 2. The molecule has 0 saturated carbocycles. The van der Waals surface area contributed by atoms with Gasteiger partial charge in [0, 0.05) is 23.2 Å². The molecule has 2 aliphatic heterocycles. The van der Waals surface area contributed by atoms with E-state index in [-0.39, 0.29) is 22.7 Å². The molecule has 10 nitrogen and oxygen atoms in total. The molecule has 2 unspecified atom stereocenters. The van der Waals surface area contributed by atoms with E-state index in [0.717, 1.165) is 18.6 Å². The molecule has 1 amide bonds. The summed E-state index contributed by atoms with van der Waals surface area (Å²) in [6, 6.07) is 8.93. The molecule has 3 aromatic rings. The van der Waals surface area contributed by atoms with Crippen molar-refractivity contribution in [3.05, 3.63) is 73.9 Å². The Hall–Kier alpha value is -3.92. The van der Waals surface area contributed by atoms with Crippen LogP contribution in [0.3, 0.4) is 0 Å². The number of anilines is 3. The summed E-state index contributed by atoms with van der Waals surface area (Å²) in [7, 11) is 0. The topological polar surface area (TPSA) is 138 Å². The van der Waals surface area contributed by atoms with E-state index in [1.54, 1.807) is 24.3 Å². The van der Waals surface area contributed by atoms with Gasteiger partial charge in [-0.2, -0.15) is 0 Å². The molecule has 10 heteroatoms. The number of likely N-dealkylation sites (tertiary alicyclic amines) is 1. The van der Waals surface area contributed by atoms with Crippen molar-refractivity contribution in [3.63, 3.8) is 0 Å². The zero-order valence-corrected chi connectivity index (χ0v) is 20.7. The average molecular weight is 508 g/mol. The minimum absolute atomic E-state index is 0.105. The van der Waals surface area contributed by atoms with Crippen LogP contribution >= 0.6 is 0 Å². The second kappa shape index (κ2) is 9.51. The van der Waals surface area contributed by atoms with E-state index in [4.69, 9.17) is 9.15 Å². The molecule has 0 radical (unpaired) electrons. The zero-order chi connectivity index (χ0) is 26.3. The molecule has 2 saturated heterocycles. The number of aryl methyl sites for hydroxylation is 1. The smallest absolute Gasteiger partial charge is 0.326 e. The maximum absolute atomic E-state index is 13.1. The molecule has 0 bridgehead atoms. The number of carboxylic acid groups (broad SMARTS) is 1. The molecule has 0 aliphatic carbocycles. The summed E-state index contributed by atoms with van der Waals surface area (Å²) in [6.07, 6.45) is 1.91. The number of carbonyl (C=O) groups is 2. The van der Waals surface area contributed by atoms with Gasteiger partial charge in [-0.1, -0.05) is 13.0 Å². The van der Waals surface area contributed by atoms with Gasteiger partial charge in [0.15, 0.2) is 0 Å². The van der Waals surface area contributed by atoms with Crippen molar-refractivity contribution in [2.75, 3.05) is 30.4 Å². The first-order valence-electron chi connectivity index (χ1n) is 12.3. The summed E-state index contributed by atoms with van der Waals surface area (Å²) in [5.41, 5.74) is -0.634. The molecule has 0 spiro atoms. The minimum atomic E-state index is -1.02. The molecular weight excluding hydrogens is 478 g/mol. The third kappa shape index (κ3) is 4.53. The van der Waals surface area contributed by atoms with Gasteiger partial charge in [-0.3, -0.25) is 14.4 Å². The molecule has 2 aliphatic rings. The average Bonchev–Trinajstić information content (AvgIpc) is 3.32. The van der Waals surface area contributed by atoms with Crippen molar-refractivity contribution >= 4 is 28.9 Å². The number of hydrogen-bond donors (Lipinski definition) is 3. The second-order valence-electron chi connectivity index (χ2n) is 10.1. The van der Waals surface area contributed by atoms with Crippen molar-refractivity contribution in [2.24, 2.45) is 5.41 Å². The number of piperidine rings is 1. The number of ether oxygens (including phenoxy) is 1. The Morgan fingerprint density at radius 3 is 2.51 bits per heavy atom. The number of carbonyl (C=O) groups excluding carboxylic acids is 1. The number of nitrogens with zero attached hydrogens (tertiary/aromatic N) is 1. The predicted molar refractivity (Wildman–Crippen MR) is 136 cm³/mol. The van der Waals surface area contributed by atoms with Crippen molar-refractivity contribution in [1.29, 1.82) is 0 Å². The number of furan rings is 1. The van der Waals surface area contributed by atoms with Crippen LogP contribution in [0.4, 0.5) is 17.1 Å². The summed E-state index contributed by atoms with van der Waals surface area (Å²) < 4.78 is 11.3. The Labute approximate surface area is 212 Å². The summed E-state index contributed by atoms with van der Waals surface area (Å²) in [6.45, 7) is 5.17. The van der Waals surface area contributed by atoms with Crippen LogP contribution in [-0.4, -0.2) is 47.7 Å². The van der Waals surface area contributed by atoms with Crippen LogP contribution in [0.25, 0.3) is 0 Å². The summed E-state index contributed by atoms with van der Waals surface area (Å²) in [5, 5.41) is 15.7. The first-order chi connectivity index (χ1) is 17.7. The minimum Gasteiger partial charge on any atom is -0.480 e. The maximum Gasteiger partial charge on any atom is 0.326 e. The normalized spacial score (nSPS) is 19.7. The van der Waals surface area contributed by atoms with Gasteiger partial charge in [0.1, 0.15) is 28.9 Å². The second-order valence-corrected chi connectivity index (χ2v) is 10.1. The first kappa shape index (κ1) is 24.8. The first-order valence-corrected chi connectivity index (χ1v) is 12.3. The Morgan fingerprint density at radius 2 is 1.86 bits per heavy atom.